The lowest BCUT2D eigenvalue weighted by Crippen LogP contribution is -2.87. The molecular weight excluding hydrogens is 386 g/mol. The zero-order valence-electron chi connectivity index (χ0n) is 16.6. The van der Waals surface area contributed by atoms with Gasteiger partial charge in [-0.25, -0.2) is 0 Å². The first-order chi connectivity index (χ1) is 13.8. The van der Waals surface area contributed by atoms with E-state index in [1.807, 2.05) is 37.5 Å². The van der Waals surface area contributed by atoms with Gasteiger partial charge in [-0.2, -0.15) is 0 Å². The maximum absolute atomic E-state index is 12.6. The molecule has 29 heavy (non-hydrogen) atoms. The Hall–Kier alpha value is -3.03. The first-order valence-corrected chi connectivity index (χ1v) is 10.2. The standard InChI is InChI=1S/C22H23N3O3S/c1-14-6-8-17(9-7-14)22(20-5-4-10-29-20)23-13-21(26)24-18-11-15(2)16(3)12-19(18)25(27)28/h4-12,22-23H,13H2,1-3H3,(H,24,26)/p+1/t22-/m0/s1. The third-order valence-electron chi connectivity index (χ3n) is 4.91. The number of nitrogens with one attached hydrogen (secondary N) is 1. The van der Waals surface area contributed by atoms with Gasteiger partial charge in [-0.3, -0.25) is 14.9 Å². The summed E-state index contributed by atoms with van der Waals surface area (Å²) in [5.74, 6) is -0.273. The number of amides is 1. The molecule has 3 rings (SSSR count). The van der Waals surface area contributed by atoms with Crippen molar-refractivity contribution < 1.29 is 15.0 Å². The van der Waals surface area contributed by atoms with Gasteiger partial charge in [0, 0.05) is 11.6 Å². The summed E-state index contributed by atoms with van der Waals surface area (Å²) in [4.78, 5) is 24.6. The molecule has 1 heterocycles. The van der Waals surface area contributed by atoms with Crippen LogP contribution in [0.5, 0.6) is 0 Å². The first kappa shape index (κ1) is 20.7. The van der Waals surface area contributed by atoms with Crippen LogP contribution in [0.2, 0.25) is 0 Å². The van der Waals surface area contributed by atoms with Gasteiger partial charge >= 0.3 is 0 Å². The Kier molecular flexibility index (Phi) is 6.41. The summed E-state index contributed by atoms with van der Waals surface area (Å²) >= 11 is 1.64. The van der Waals surface area contributed by atoms with Crippen molar-refractivity contribution in [3.8, 4) is 0 Å². The maximum atomic E-state index is 12.6. The van der Waals surface area contributed by atoms with Crippen molar-refractivity contribution in [1.82, 2.24) is 0 Å². The fourth-order valence-corrected chi connectivity index (χ4v) is 3.99. The number of hydrogen-bond acceptors (Lipinski definition) is 4. The number of hydrogen-bond donors (Lipinski definition) is 2. The van der Waals surface area contributed by atoms with E-state index in [-0.39, 0.29) is 29.9 Å². The predicted octanol–water partition coefficient (Wildman–Crippen LogP) is 3.87. The number of nitro benzene ring substituents is 1. The van der Waals surface area contributed by atoms with Gasteiger partial charge in [0.2, 0.25) is 0 Å². The van der Waals surface area contributed by atoms with E-state index in [1.165, 1.54) is 11.6 Å². The number of carbonyl (C=O) groups is 1. The van der Waals surface area contributed by atoms with Crippen molar-refractivity contribution in [2.45, 2.75) is 26.8 Å². The molecule has 0 aliphatic carbocycles. The number of benzene rings is 2. The number of anilines is 1. The van der Waals surface area contributed by atoms with Crippen LogP contribution in [0.3, 0.4) is 0 Å². The minimum Gasteiger partial charge on any atom is -0.328 e. The van der Waals surface area contributed by atoms with Crippen LogP contribution >= 0.6 is 11.3 Å². The summed E-state index contributed by atoms with van der Waals surface area (Å²) in [6, 6.07) is 15.5. The van der Waals surface area contributed by atoms with E-state index in [0.717, 1.165) is 21.6 Å². The Labute approximate surface area is 173 Å². The van der Waals surface area contributed by atoms with Crippen LogP contribution in [0.4, 0.5) is 11.4 Å². The first-order valence-electron chi connectivity index (χ1n) is 9.34. The summed E-state index contributed by atoms with van der Waals surface area (Å²) in [6.45, 7) is 5.87. The molecule has 0 aliphatic heterocycles. The molecule has 0 saturated carbocycles. The maximum Gasteiger partial charge on any atom is 0.293 e. The van der Waals surface area contributed by atoms with E-state index < -0.39 is 4.92 Å². The van der Waals surface area contributed by atoms with Gasteiger partial charge in [-0.15, -0.1) is 11.3 Å². The second-order valence-corrected chi connectivity index (χ2v) is 8.08. The largest absolute Gasteiger partial charge is 0.328 e. The van der Waals surface area contributed by atoms with Crippen molar-refractivity contribution in [3.63, 3.8) is 0 Å². The van der Waals surface area contributed by atoms with E-state index in [1.54, 1.807) is 17.4 Å². The fraction of sp³-hybridized carbons (Fsp3) is 0.227. The average Bonchev–Trinajstić information content (AvgIpc) is 3.20. The molecule has 1 aromatic heterocycles. The van der Waals surface area contributed by atoms with Crippen LogP contribution < -0.4 is 10.6 Å². The van der Waals surface area contributed by atoms with Crippen LogP contribution in [0.25, 0.3) is 0 Å². The van der Waals surface area contributed by atoms with Crippen molar-refractivity contribution in [2.24, 2.45) is 0 Å². The van der Waals surface area contributed by atoms with Crippen molar-refractivity contribution in [2.75, 3.05) is 11.9 Å². The number of nitro groups is 1. The lowest BCUT2D eigenvalue weighted by atomic mass is 10.0. The number of rotatable bonds is 7. The third kappa shape index (κ3) is 5.07. The highest BCUT2D eigenvalue weighted by atomic mass is 32.1. The second-order valence-electron chi connectivity index (χ2n) is 7.10. The summed E-state index contributed by atoms with van der Waals surface area (Å²) in [5.41, 5.74) is 4.15. The molecule has 0 bridgehead atoms. The van der Waals surface area contributed by atoms with Gasteiger partial charge in [-0.05, 0) is 49.4 Å². The van der Waals surface area contributed by atoms with Crippen LogP contribution in [0.15, 0.2) is 53.9 Å². The Morgan fingerprint density at radius 3 is 2.45 bits per heavy atom. The molecule has 7 heteroatoms. The van der Waals surface area contributed by atoms with E-state index >= 15 is 0 Å². The SMILES string of the molecule is Cc1ccc([C@H]([NH2+]CC(=O)Nc2cc(C)c(C)cc2[N+](=O)[O-])c2cccs2)cc1. The zero-order valence-corrected chi connectivity index (χ0v) is 17.5. The summed E-state index contributed by atoms with van der Waals surface area (Å²) in [6.07, 6.45) is 0. The van der Waals surface area contributed by atoms with Crippen LogP contribution in [0.1, 0.15) is 33.2 Å². The number of nitrogens with zero attached hydrogens (tertiary/aromatic N) is 1. The minimum atomic E-state index is -0.466. The molecule has 150 valence electrons. The number of aryl methyl sites for hydroxylation is 3. The summed E-state index contributed by atoms with van der Waals surface area (Å²) in [5, 5.41) is 18.0. The minimum absolute atomic E-state index is 0.00362. The van der Waals surface area contributed by atoms with Gasteiger partial charge in [0.05, 0.1) is 9.80 Å². The molecule has 3 aromatic rings. The number of nitrogens with two attached hydrogens (primary N) is 1. The lowest BCUT2D eigenvalue weighted by Gasteiger charge is -2.15. The molecule has 0 spiro atoms. The van der Waals surface area contributed by atoms with Crippen LogP contribution in [0, 0.1) is 30.9 Å². The molecule has 2 aromatic carbocycles. The zero-order chi connectivity index (χ0) is 21.0. The van der Waals surface area contributed by atoms with Crippen LogP contribution in [-0.2, 0) is 4.79 Å². The smallest absolute Gasteiger partial charge is 0.293 e. The fourth-order valence-electron chi connectivity index (χ4n) is 3.14. The van der Waals surface area contributed by atoms with Crippen LogP contribution in [-0.4, -0.2) is 17.4 Å². The lowest BCUT2D eigenvalue weighted by molar-refractivity contribution is -0.675. The molecule has 3 N–H and O–H groups in total. The Morgan fingerprint density at radius 2 is 1.83 bits per heavy atom. The van der Waals surface area contributed by atoms with Gasteiger partial charge in [0.15, 0.2) is 6.54 Å². The van der Waals surface area contributed by atoms with E-state index in [2.05, 4.69) is 35.6 Å². The molecule has 1 atom stereocenters. The van der Waals surface area contributed by atoms with Gasteiger partial charge < -0.3 is 10.6 Å². The van der Waals surface area contributed by atoms with E-state index in [9.17, 15) is 14.9 Å². The van der Waals surface area contributed by atoms with Gasteiger partial charge in [0.25, 0.3) is 11.6 Å². The predicted molar refractivity (Wildman–Crippen MR) is 115 cm³/mol. The highest BCUT2D eigenvalue weighted by Crippen LogP contribution is 2.28. The normalized spacial score (nSPS) is 11.8. The second kappa shape index (κ2) is 8.98. The monoisotopic (exact) mass is 410 g/mol. The molecule has 0 aliphatic rings. The molecule has 0 unspecified atom stereocenters. The summed E-state index contributed by atoms with van der Waals surface area (Å²) < 4.78 is 0. The highest BCUT2D eigenvalue weighted by molar-refractivity contribution is 7.10. The molecule has 0 radical (unpaired) electrons. The highest BCUT2D eigenvalue weighted by Gasteiger charge is 2.22. The Balaban J connectivity index is 1.75. The molecule has 0 fully saturated rings. The van der Waals surface area contributed by atoms with E-state index in [4.69, 9.17) is 0 Å². The molecule has 0 saturated heterocycles. The number of carbonyl (C=O) groups excluding carboxylic acids is 1. The van der Waals surface area contributed by atoms with Gasteiger partial charge in [-0.1, -0.05) is 35.9 Å². The molecule has 6 nitrogen and oxygen atoms in total. The van der Waals surface area contributed by atoms with Crippen molar-refractivity contribution in [1.29, 1.82) is 0 Å². The molecular formula is C22H24N3O3S+. The average molecular weight is 411 g/mol. The number of thiophene rings is 1. The summed E-state index contributed by atoms with van der Waals surface area (Å²) in [7, 11) is 0. The molecule has 1 amide bonds. The van der Waals surface area contributed by atoms with Gasteiger partial charge in [0.1, 0.15) is 11.7 Å². The quantitative estimate of drug-likeness (QED) is 0.458. The number of quaternary nitrogens is 1. The van der Waals surface area contributed by atoms with E-state index in [0.29, 0.717) is 0 Å². The topological polar surface area (TPSA) is 88.8 Å². The third-order valence-corrected chi connectivity index (χ3v) is 5.86. The van der Waals surface area contributed by atoms with Crippen molar-refractivity contribution in [3.05, 3.63) is 91.2 Å². The Bertz CT molecular complexity index is 1010. The Morgan fingerprint density at radius 1 is 1.14 bits per heavy atom. The van der Waals surface area contributed by atoms with Crippen molar-refractivity contribution >= 4 is 28.6 Å².